The highest BCUT2D eigenvalue weighted by Gasteiger charge is 2.02. The minimum absolute atomic E-state index is 0.0790. The number of ketones is 2. The fourth-order valence-corrected chi connectivity index (χ4v) is 3.25. The van der Waals surface area contributed by atoms with Gasteiger partial charge in [0.05, 0.1) is 0 Å². The first-order valence-corrected chi connectivity index (χ1v) is 11.2. The Morgan fingerprint density at radius 1 is 0.472 bits per heavy atom. The van der Waals surface area contributed by atoms with Gasteiger partial charge >= 0.3 is 0 Å². The lowest BCUT2D eigenvalue weighted by Gasteiger charge is -1.98. The molecule has 0 saturated carbocycles. The third-order valence-corrected chi connectivity index (χ3v) is 5.02. The van der Waals surface area contributed by atoms with Gasteiger partial charge in [-0.1, -0.05) is 60.7 Å². The molecule has 0 saturated heterocycles. The summed E-state index contributed by atoms with van der Waals surface area (Å²) in [6.45, 7) is 0. The summed E-state index contributed by atoms with van der Waals surface area (Å²) in [7, 11) is 0. The van der Waals surface area contributed by atoms with Crippen molar-refractivity contribution < 1.29 is 9.59 Å². The number of benzene rings is 4. The van der Waals surface area contributed by atoms with E-state index >= 15 is 0 Å². The van der Waals surface area contributed by atoms with Crippen LogP contribution in [0.1, 0.15) is 31.8 Å². The maximum absolute atomic E-state index is 11.9. The molecular weight excluding hydrogens is 448 g/mol. The van der Waals surface area contributed by atoms with Crippen LogP contribution in [-0.2, 0) is 0 Å². The number of carbonyl (C=O) groups excluding carboxylic acids is 2. The average Bonchev–Trinajstić information content (AvgIpc) is 2.86. The smallest absolute Gasteiger partial charge is 0.185 e. The minimum Gasteiger partial charge on any atom is -0.399 e. The van der Waals surface area contributed by atoms with E-state index in [0.717, 1.165) is 11.1 Å². The highest BCUT2D eigenvalue weighted by atomic mass is 16.1. The van der Waals surface area contributed by atoms with Gasteiger partial charge in [0, 0.05) is 33.9 Å². The van der Waals surface area contributed by atoms with Crippen LogP contribution >= 0.6 is 0 Å². The highest BCUT2D eigenvalue weighted by Crippen LogP contribution is 2.13. The zero-order valence-corrected chi connectivity index (χ0v) is 19.7. The fraction of sp³-hybridized carbons (Fsp3) is 0. The molecule has 0 aliphatic heterocycles. The fourth-order valence-electron chi connectivity index (χ4n) is 3.25. The molecule has 4 aromatic carbocycles. The first-order valence-electron chi connectivity index (χ1n) is 11.2. The van der Waals surface area contributed by atoms with Gasteiger partial charge in [0.15, 0.2) is 11.6 Å². The van der Waals surface area contributed by atoms with E-state index in [4.69, 9.17) is 22.9 Å². The summed E-state index contributed by atoms with van der Waals surface area (Å²) in [6.07, 6.45) is 6.51. The molecule has 0 unspecified atom stereocenters. The van der Waals surface area contributed by atoms with Crippen molar-refractivity contribution in [2.24, 2.45) is 0 Å². The van der Waals surface area contributed by atoms with Gasteiger partial charge < -0.3 is 22.9 Å². The van der Waals surface area contributed by atoms with E-state index in [1.165, 1.54) is 12.2 Å². The molecule has 0 bridgehead atoms. The topological polar surface area (TPSA) is 138 Å². The van der Waals surface area contributed by atoms with E-state index < -0.39 is 0 Å². The van der Waals surface area contributed by atoms with E-state index in [0.29, 0.717) is 33.9 Å². The normalized spacial score (nSPS) is 10.7. The number of allylic oxidation sites excluding steroid dienone is 2. The average molecular weight is 477 g/mol. The van der Waals surface area contributed by atoms with Crippen LogP contribution < -0.4 is 22.9 Å². The molecule has 0 atom stereocenters. The number of hydrogen-bond acceptors (Lipinski definition) is 6. The van der Waals surface area contributed by atoms with Crippen molar-refractivity contribution in [1.82, 2.24) is 0 Å². The summed E-state index contributed by atoms with van der Waals surface area (Å²) >= 11 is 0. The Balaban J connectivity index is 0.000000201. The molecule has 0 radical (unpaired) electrons. The van der Waals surface area contributed by atoms with Gasteiger partial charge in [-0.2, -0.15) is 0 Å². The van der Waals surface area contributed by atoms with Gasteiger partial charge in [-0.15, -0.1) is 0 Å². The van der Waals surface area contributed by atoms with Crippen molar-refractivity contribution in [3.05, 3.63) is 131 Å². The summed E-state index contributed by atoms with van der Waals surface area (Å²) in [5, 5.41) is 0. The van der Waals surface area contributed by atoms with Crippen LogP contribution in [0.15, 0.2) is 109 Å². The zero-order chi connectivity index (χ0) is 25.9. The van der Waals surface area contributed by atoms with E-state index in [1.807, 2.05) is 36.4 Å². The summed E-state index contributed by atoms with van der Waals surface area (Å²) in [6, 6.07) is 28.5. The Labute approximate surface area is 210 Å². The van der Waals surface area contributed by atoms with Crippen molar-refractivity contribution in [3.63, 3.8) is 0 Å². The number of nitrogen functional groups attached to an aromatic ring is 4. The third-order valence-electron chi connectivity index (χ3n) is 5.02. The molecule has 0 heterocycles. The second-order valence-electron chi connectivity index (χ2n) is 7.99. The SMILES string of the molecule is Nc1cccc(C=CC(=O)c2cccc(N)c2)c1.Nc1cccc(C=CC(=O)c2cccc(N)c2)c1. The van der Waals surface area contributed by atoms with Gasteiger partial charge in [-0.05, 0) is 71.8 Å². The molecule has 6 heteroatoms. The van der Waals surface area contributed by atoms with Crippen LogP contribution in [0.2, 0.25) is 0 Å². The quantitative estimate of drug-likeness (QED) is 0.165. The van der Waals surface area contributed by atoms with Crippen molar-refractivity contribution in [2.75, 3.05) is 22.9 Å². The van der Waals surface area contributed by atoms with E-state index in [2.05, 4.69) is 0 Å². The van der Waals surface area contributed by atoms with Crippen molar-refractivity contribution >= 4 is 46.5 Å². The van der Waals surface area contributed by atoms with Crippen LogP contribution in [0.3, 0.4) is 0 Å². The predicted molar refractivity (Wildman–Crippen MR) is 150 cm³/mol. The lowest BCUT2D eigenvalue weighted by molar-refractivity contribution is 0.104. The van der Waals surface area contributed by atoms with E-state index in [1.54, 1.807) is 72.8 Å². The largest absolute Gasteiger partial charge is 0.399 e. The molecule has 4 aromatic rings. The summed E-state index contributed by atoms with van der Waals surface area (Å²) in [5.74, 6) is -0.158. The Morgan fingerprint density at radius 2 is 0.806 bits per heavy atom. The molecule has 0 amide bonds. The number of carbonyl (C=O) groups is 2. The third kappa shape index (κ3) is 8.04. The molecule has 0 aliphatic carbocycles. The van der Waals surface area contributed by atoms with Crippen molar-refractivity contribution in [1.29, 1.82) is 0 Å². The Morgan fingerprint density at radius 3 is 1.14 bits per heavy atom. The number of nitrogens with two attached hydrogens (primary N) is 4. The lowest BCUT2D eigenvalue weighted by Crippen LogP contribution is -1.95. The van der Waals surface area contributed by atoms with E-state index in [9.17, 15) is 9.59 Å². The van der Waals surface area contributed by atoms with Gasteiger partial charge in [0.2, 0.25) is 0 Å². The summed E-state index contributed by atoms with van der Waals surface area (Å²) < 4.78 is 0. The Hall–Kier alpha value is -5.10. The van der Waals surface area contributed by atoms with Gasteiger partial charge in [0.25, 0.3) is 0 Å². The second-order valence-corrected chi connectivity index (χ2v) is 7.99. The van der Waals surface area contributed by atoms with Gasteiger partial charge in [-0.25, -0.2) is 0 Å². The molecule has 0 spiro atoms. The van der Waals surface area contributed by atoms with E-state index in [-0.39, 0.29) is 11.6 Å². The predicted octanol–water partition coefficient (Wildman–Crippen LogP) is 5.49. The molecule has 36 heavy (non-hydrogen) atoms. The zero-order valence-electron chi connectivity index (χ0n) is 19.7. The number of hydrogen-bond donors (Lipinski definition) is 4. The van der Waals surface area contributed by atoms with Crippen molar-refractivity contribution in [3.8, 4) is 0 Å². The maximum atomic E-state index is 11.9. The van der Waals surface area contributed by atoms with Gasteiger partial charge in [0.1, 0.15) is 0 Å². The minimum atomic E-state index is -0.0790. The van der Waals surface area contributed by atoms with Crippen LogP contribution in [0.4, 0.5) is 22.7 Å². The standard InChI is InChI=1S/2C15H14N2O/c2*16-13-5-1-3-11(9-13)7-8-15(18)12-4-2-6-14(17)10-12/h2*1-10H,16-17H2. The molecule has 180 valence electrons. The second kappa shape index (κ2) is 12.4. The lowest BCUT2D eigenvalue weighted by atomic mass is 10.1. The summed E-state index contributed by atoms with van der Waals surface area (Å²) in [4.78, 5) is 23.8. The first-order chi connectivity index (χ1) is 17.3. The number of rotatable bonds is 6. The highest BCUT2D eigenvalue weighted by molar-refractivity contribution is 6.07. The van der Waals surface area contributed by atoms with Crippen LogP contribution in [0, 0.1) is 0 Å². The molecule has 6 nitrogen and oxygen atoms in total. The first kappa shape index (κ1) is 25.5. The van der Waals surface area contributed by atoms with Crippen LogP contribution in [-0.4, -0.2) is 11.6 Å². The monoisotopic (exact) mass is 476 g/mol. The summed E-state index contributed by atoms with van der Waals surface area (Å²) in [5.41, 5.74) is 28.0. The van der Waals surface area contributed by atoms with Gasteiger partial charge in [-0.3, -0.25) is 9.59 Å². The molecule has 0 fully saturated rings. The molecule has 8 N–H and O–H groups in total. The molecular formula is C30H28N4O2. The Kier molecular flexibility index (Phi) is 8.78. The Bertz CT molecular complexity index is 1310. The molecule has 0 aromatic heterocycles. The van der Waals surface area contributed by atoms with Crippen molar-refractivity contribution in [2.45, 2.75) is 0 Å². The molecule has 0 aliphatic rings. The van der Waals surface area contributed by atoms with Crippen LogP contribution in [0.25, 0.3) is 12.2 Å². The maximum Gasteiger partial charge on any atom is 0.185 e. The number of anilines is 4. The van der Waals surface area contributed by atoms with Crippen LogP contribution in [0.5, 0.6) is 0 Å². The molecule has 4 rings (SSSR count).